The van der Waals surface area contributed by atoms with Gasteiger partial charge >= 0.3 is 12.1 Å². The van der Waals surface area contributed by atoms with Crippen LogP contribution in [0, 0.1) is 0 Å². The number of hydrogen-bond acceptors (Lipinski definition) is 0. The van der Waals surface area contributed by atoms with E-state index >= 15 is 0 Å². The normalized spacial score (nSPS) is 15.0. The highest BCUT2D eigenvalue weighted by molar-refractivity contribution is 6.49. The lowest BCUT2D eigenvalue weighted by Crippen LogP contribution is -2.51. The maximum atomic E-state index is 12.1. The Morgan fingerprint density at radius 2 is 1.25 bits per heavy atom. The highest BCUT2D eigenvalue weighted by Gasteiger charge is 2.68. The van der Waals surface area contributed by atoms with Gasteiger partial charge in [0.05, 0.1) is 0 Å². The van der Waals surface area contributed by atoms with E-state index in [2.05, 4.69) is 23.2 Å². The Morgan fingerprint density at radius 1 is 0.917 bits per heavy atom. The first kappa shape index (κ1) is 12.2. The molecule has 0 nitrogen and oxygen atoms in total. The zero-order valence-corrected chi connectivity index (χ0v) is 6.74. The Labute approximate surface area is 73.4 Å². The van der Waals surface area contributed by atoms with Crippen molar-refractivity contribution in [2.75, 3.05) is 6.67 Å². The van der Waals surface area contributed by atoms with Crippen molar-refractivity contribution in [3.63, 3.8) is 0 Å². The van der Waals surface area contributed by atoms with Crippen LogP contribution in [0.3, 0.4) is 0 Å². The number of alkyl halides is 8. The highest BCUT2D eigenvalue weighted by Crippen LogP contribution is 2.50. The van der Waals surface area contributed by atoms with Gasteiger partial charge in [-0.1, -0.05) is 23.2 Å². The molecule has 12 heavy (non-hydrogen) atoms. The molecule has 0 amide bonds. The summed E-state index contributed by atoms with van der Waals surface area (Å²) in [6.07, 6.45) is -5.58. The average molecular weight is 235 g/mol. The van der Waals surface area contributed by atoms with Crippen molar-refractivity contribution < 1.29 is 26.3 Å². The fraction of sp³-hybridized carbons (Fsp3) is 1.00. The smallest absolute Gasteiger partial charge is 0.244 e. The Balaban J connectivity index is 4.85. The van der Waals surface area contributed by atoms with Crippen molar-refractivity contribution in [1.82, 2.24) is 0 Å². The summed E-state index contributed by atoms with van der Waals surface area (Å²) in [6.45, 7) is -2.57. The van der Waals surface area contributed by atoms with E-state index in [1.54, 1.807) is 0 Å². The van der Waals surface area contributed by atoms with Crippen LogP contribution in [0.25, 0.3) is 0 Å². The van der Waals surface area contributed by atoms with Gasteiger partial charge in [-0.25, -0.2) is 4.39 Å². The molecule has 0 aliphatic heterocycles. The van der Waals surface area contributed by atoms with Gasteiger partial charge in [-0.2, -0.15) is 22.0 Å². The van der Waals surface area contributed by atoms with Crippen LogP contribution in [-0.2, 0) is 0 Å². The molecule has 0 aromatic heterocycles. The van der Waals surface area contributed by atoms with Gasteiger partial charge in [0.15, 0.2) is 6.67 Å². The molecule has 74 valence electrons. The lowest BCUT2D eigenvalue weighted by atomic mass is 10.2. The van der Waals surface area contributed by atoms with Crippen molar-refractivity contribution in [1.29, 1.82) is 0 Å². The zero-order chi connectivity index (χ0) is 10.2. The van der Waals surface area contributed by atoms with E-state index in [0.29, 0.717) is 0 Å². The number of halogens is 8. The predicted octanol–water partition coefficient (Wildman–Crippen LogP) is 3.33. The molecule has 0 aromatic carbocycles. The van der Waals surface area contributed by atoms with Crippen LogP contribution in [-0.4, -0.2) is 23.1 Å². The second-order valence-electron chi connectivity index (χ2n) is 1.91. The summed E-state index contributed by atoms with van der Waals surface area (Å²) in [5.41, 5.74) is 0. The molecule has 0 aromatic rings. The van der Waals surface area contributed by atoms with E-state index in [1.807, 2.05) is 0 Å². The largest absolute Gasteiger partial charge is 0.427 e. The lowest BCUT2D eigenvalue weighted by Gasteiger charge is -2.28. The van der Waals surface area contributed by atoms with Gasteiger partial charge in [0.25, 0.3) is 4.33 Å². The van der Waals surface area contributed by atoms with E-state index in [4.69, 9.17) is 0 Å². The van der Waals surface area contributed by atoms with Gasteiger partial charge in [-0.05, 0) is 0 Å². The molecular formula is C4H2Cl2F6. The topological polar surface area (TPSA) is 0 Å². The first-order valence-corrected chi connectivity index (χ1v) is 3.20. The third-order valence-electron chi connectivity index (χ3n) is 0.983. The lowest BCUT2D eigenvalue weighted by molar-refractivity contribution is -0.200. The summed E-state index contributed by atoms with van der Waals surface area (Å²) in [7, 11) is 0. The molecule has 0 unspecified atom stereocenters. The first-order chi connectivity index (χ1) is 5.06. The van der Waals surface area contributed by atoms with Gasteiger partial charge in [-0.3, -0.25) is 0 Å². The maximum Gasteiger partial charge on any atom is 0.427 e. The minimum atomic E-state index is -5.58. The van der Waals surface area contributed by atoms with Gasteiger partial charge < -0.3 is 0 Å². The van der Waals surface area contributed by atoms with Crippen LogP contribution in [0.5, 0.6) is 0 Å². The highest BCUT2D eigenvalue weighted by atomic mass is 35.5. The molecule has 0 saturated carbocycles. The summed E-state index contributed by atoms with van der Waals surface area (Å²) < 4.78 is 65.9. The molecule has 0 radical (unpaired) electrons. The fourth-order valence-corrected chi connectivity index (χ4v) is 0.392. The van der Waals surface area contributed by atoms with Gasteiger partial charge in [0.2, 0.25) is 0 Å². The monoisotopic (exact) mass is 234 g/mol. The molecule has 0 N–H and O–H groups in total. The summed E-state index contributed by atoms with van der Waals surface area (Å²) in [5.74, 6) is -4.84. The van der Waals surface area contributed by atoms with Crippen molar-refractivity contribution in [2.45, 2.75) is 16.4 Å². The molecular weight excluding hydrogens is 233 g/mol. The maximum absolute atomic E-state index is 12.1. The van der Waals surface area contributed by atoms with Gasteiger partial charge in [-0.15, -0.1) is 0 Å². The van der Waals surface area contributed by atoms with Crippen LogP contribution in [0.4, 0.5) is 26.3 Å². The molecule has 0 spiro atoms. The minimum Gasteiger partial charge on any atom is -0.244 e. The van der Waals surface area contributed by atoms with Crippen molar-refractivity contribution in [2.24, 2.45) is 0 Å². The summed E-state index contributed by atoms with van der Waals surface area (Å²) in [4.78, 5) is 0. The first-order valence-electron chi connectivity index (χ1n) is 2.44. The molecule has 0 atom stereocenters. The van der Waals surface area contributed by atoms with E-state index < -0.39 is 23.1 Å². The van der Waals surface area contributed by atoms with Crippen LogP contribution < -0.4 is 0 Å². The third-order valence-corrected chi connectivity index (χ3v) is 1.96. The Kier molecular flexibility index (Phi) is 3.18. The Hall–Kier alpha value is 0.160. The van der Waals surface area contributed by atoms with E-state index in [-0.39, 0.29) is 0 Å². The minimum absolute atomic E-state index is 2.57. The summed E-state index contributed by atoms with van der Waals surface area (Å²) >= 11 is 8.51. The second-order valence-corrected chi connectivity index (χ2v) is 3.24. The van der Waals surface area contributed by atoms with Gasteiger partial charge in [0.1, 0.15) is 0 Å². The van der Waals surface area contributed by atoms with E-state index in [1.165, 1.54) is 0 Å². The van der Waals surface area contributed by atoms with Crippen molar-refractivity contribution in [3.8, 4) is 0 Å². The second kappa shape index (κ2) is 3.14. The molecule has 8 heteroatoms. The summed E-state index contributed by atoms with van der Waals surface area (Å²) in [5, 5.41) is 0. The molecule has 0 bridgehead atoms. The third kappa shape index (κ3) is 1.90. The molecule has 0 aliphatic carbocycles. The molecule has 0 aliphatic rings. The average Bonchev–Trinajstić information content (AvgIpc) is 1.85. The molecule has 0 saturated heterocycles. The van der Waals surface area contributed by atoms with Crippen LogP contribution >= 0.6 is 23.2 Å². The van der Waals surface area contributed by atoms with Crippen LogP contribution in [0.1, 0.15) is 0 Å². The predicted molar refractivity (Wildman–Crippen MR) is 31.4 cm³/mol. The summed E-state index contributed by atoms with van der Waals surface area (Å²) in [6, 6.07) is 0. The van der Waals surface area contributed by atoms with Crippen molar-refractivity contribution >= 4 is 23.2 Å². The van der Waals surface area contributed by atoms with E-state index in [9.17, 15) is 26.3 Å². The number of hydrogen-bond donors (Lipinski definition) is 0. The standard InChI is InChI=1S/C4H2Cl2F6/c5-3(6,4(10,11)12)2(8,9)1-7/h1H2. The Morgan fingerprint density at radius 3 is 1.33 bits per heavy atom. The van der Waals surface area contributed by atoms with Gasteiger partial charge in [0, 0.05) is 0 Å². The zero-order valence-electron chi connectivity index (χ0n) is 5.23. The Bertz CT molecular complexity index is 161. The van der Waals surface area contributed by atoms with Crippen LogP contribution in [0.2, 0.25) is 0 Å². The van der Waals surface area contributed by atoms with E-state index in [0.717, 1.165) is 0 Å². The SMILES string of the molecule is FCC(F)(F)C(Cl)(Cl)C(F)(F)F. The quantitative estimate of drug-likeness (QED) is 0.508. The molecule has 0 heterocycles. The molecule has 0 rings (SSSR count). The number of rotatable bonds is 2. The van der Waals surface area contributed by atoms with Crippen molar-refractivity contribution in [3.05, 3.63) is 0 Å². The molecule has 0 fully saturated rings. The fourth-order valence-electron chi connectivity index (χ4n) is 0.291. The van der Waals surface area contributed by atoms with Crippen LogP contribution in [0.15, 0.2) is 0 Å².